The Hall–Kier alpha value is -3.56. The highest BCUT2D eigenvalue weighted by molar-refractivity contribution is 5.97. The molecule has 1 aliphatic rings. The Morgan fingerprint density at radius 3 is 2.31 bits per heavy atom. The minimum absolute atomic E-state index is 0.00266. The largest absolute Gasteiger partial charge is 0.484 e. The molecule has 1 aliphatic heterocycles. The molecule has 1 saturated heterocycles. The Labute approximate surface area is 211 Å². The van der Waals surface area contributed by atoms with Gasteiger partial charge in [0.05, 0.1) is 0 Å². The number of nitrogens with two attached hydrogens (primary N) is 1. The van der Waals surface area contributed by atoms with E-state index >= 15 is 0 Å². The van der Waals surface area contributed by atoms with Crippen molar-refractivity contribution < 1.29 is 14.3 Å². The summed E-state index contributed by atoms with van der Waals surface area (Å²) in [5.74, 6) is 0.0837. The third-order valence-corrected chi connectivity index (χ3v) is 6.15. The zero-order valence-electron chi connectivity index (χ0n) is 21.5. The van der Waals surface area contributed by atoms with Crippen LogP contribution in [-0.2, 0) is 16.1 Å². The summed E-state index contributed by atoms with van der Waals surface area (Å²) in [5, 5.41) is 0. The standard InChI is InChI=1S/C26H37N5O5/c1-17(2)14-30(22-23(27)31(15-18(3)4)26(35)28-24(22)33)25(34)19-10-12-29(13-11-19)21(32)16-36-20-8-6-5-7-9-20/h5-9,17-19H,10-16,27H2,1-4H3,(H,28,33,35). The van der Waals surface area contributed by atoms with Crippen LogP contribution in [0.4, 0.5) is 11.5 Å². The van der Waals surface area contributed by atoms with Crippen molar-refractivity contribution >= 4 is 23.3 Å². The van der Waals surface area contributed by atoms with Gasteiger partial charge in [-0.05, 0) is 36.8 Å². The third kappa shape index (κ3) is 6.56. The molecule has 1 fully saturated rings. The van der Waals surface area contributed by atoms with Crippen LogP contribution in [0.1, 0.15) is 40.5 Å². The van der Waals surface area contributed by atoms with Gasteiger partial charge in [0, 0.05) is 32.1 Å². The molecule has 3 rings (SSSR count). The number of para-hydroxylation sites is 1. The SMILES string of the molecule is CC(C)CN(C(=O)C1CCN(C(=O)COc2ccccc2)CC1)c1c(N)n(CC(C)C)c(=O)[nH]c1=O. The molecular formula is C26H37N5O5. The minimum atomic E-state index is -0.669. The number of aromatic nitrogens is 2. The second-order valence-electron chi connectivity index (χ2n) is 10.1. The first-order valence-corrected chi connectivity index (χ1v) is 12.5. The predicted molar refractivity (Wildman–Crippen MR) is 139 cm³/mol. The summed E-state index contributed by atoms with van der Waals surface area (Å²) >= 11 is 0. The van der Waals surface area contributed by atoms with Gasteiger partial charge in [-0.1, -0.05) is 45.9 Å². The van der Waals surface area contributed by atoms with E-state index in [9.17, 15) is 19.2 Å². The fraction of sp³-hybridized carbons (Fsp3) is 0.538. The van der Waals surface area contributed by atoms with Crippen LogP contribution in [0.25, 0.3) is 0 Å². The van der Waals surface area contributed by atoms with Gasteiger partial charge in [0.25, 0.3) is 11.5 Å². The Kier molecular flexibility index (Phi) is 8.95. The van der Waals surface area contributed by atoms with E-state index in [1.54, 1.807) is 17.0 Å². The van der Waals surface area contributed by atoms with Crippen LogP contribution in [0.5, 0.6) is 5.75 Å². The van der Waals surface area contributed by atoms with E-state index in [0.29, 0.717) is 38.2 Å². The maximum atomic E-state index is 13.6. The quantitative estimate of drug-likeness (QED) is 0.543. The number of hydrogen-bond donors (Lipinski definition) is 2. The lowest BCUT2D eigenvalue weighted by Gasteiger charge is -2.35. The summed E-state index contributed by atoms with van der Waals surface area (Å²) in [4.78, 5) is 56.9. The number of nitrogens with zero attached hydrogens (tertiary/aromatic N) is 3. The molecule has 0 bridgehead atoms. The molecular weight excluding hydrogens is 462 g/mol. The predicted octanol–water partition coefficient (Wildman–Crippen LogP) is 2.08. The number of aromatic amines is 1. The van der Waals surface area contributed by atoms with Gasteiger partial charge in [0.15, 0.2) is 12.3 Å². The number of anilines is 2. The van der Waals surface area contributed by atoms with E-state index in [2.05, 4.69) is 4.98 Å². The van der Waals surface area contributed by atoms with E-state index in [0.717, 1.165) is 0 Å². The van der Waals surface area contributed by atoms with Crippen molar-refractivity contribution in [1.29, 1.82) is 0 Å². The van der Waals surface area contributed by atoms with E-state index in [-0.39, 0.29) is 54.2 Å². The zero-order chi connectivity index (χ0) is 26.4. The molecule has 3 N–H and O–H groups in total. The van der Waals surface area contributed by atoms with Crippen LogP contribution < -0.4 is 26.6 Å². The second kappa shape index (κ2) is 11.9. The van der Waals surface area contributed by atoms with Gasteiger partial charge in [-0.3, -0.25) is 23.9 Å². The molecule has 1 aromatic carbocycles. The minimum Gasteiger partial charge on any atom is -0.484 e. The molecule has 0 saturated carbocycles. The number of rotatable bonds is 9. The molecule has 2 aromatic rings. The van der Waals surface area contributed by atoms with Gasteiger partial charge >= 0.3 is 5.69 Å². The Morgan fingerprint density at radius 2 is 1.72 bits per heavy atom. The van der Waals surface area contributed by atoms with Crippen molar-refractivity contribution in [3.05, 3.63) is 51.2 Å². The highest BCUT2D eigenvalue weighted by Gasteiger charge is 2.33. The molecule has 1 aromatic heterocycles. The van der Waals surface area contributed by atoms with Crippen molar-refractivity contribution in [3.8, 4) is 5.75 Å². The molecule has 0 unspecified atom stereocenters. The van der Waals surface area contributed by atoms with Crippen molar-refractivity contribution in [3.63, 3.8) is 0 Å². The number of hydrogen-bond acceptors (Lipinski definition) is 6. The summed E-state index contributed by atoms with van der Waals surface area (Å²) in [6.45, 7) is 9.15. The smallest absolute Gasteiger partial charge is 0.330 e. The molecule has 0 atom stereocenters. The van der Waals surface area contributed by atoms with Crippen molar-refractivity contribution in [2.45, 2.75) is 47.1 Å². The lowest BCUT2D eigenvalue weighted by Crippen LogP contribution is -2.48. The number of benzene rings is 1. The first-order chi connectivity index (χ1) is 17.1. The van der Waals surface area contributed by atoms with E-state index < -0.39 is 11.2 Å². The van der Waals surface area contributed by atoms with Crippen LogP contribution in [0.2, 0.25) is 0 Å². The number of piperidine rings is 1. The van der Waals surface area contributed by atoms with E-state index in [1.807, 2.05) is 45.9 Å². The topological polar surface area (TPSA) is 131 Å². The van der Waals surface area contributed by atoms with Crippen LogP contribution >= 0.6 is 0 Å². The first kappa shape index (κ1) is 27.0. The number of nitrogen functional groups attached to an aromatic ring is 1. The Bertz CT molecular complexity index is 1160. The van der Waals surface area contributed by atoms with Gasteiger partial charge in [-0.25, -0.2) is 4.79 Å². The molecule has 2 amide bonds. The number of ether oxygens (including phenoxy) is 1. The van der Waals surface area contributed by atoms with Gasteiger partial charge < -0.3 is 20.3 Å². The van der Waals surface area contributed by atoms with Gasteiger partial charge in [0.1, 0.15) is 11.6 Å². The summed E-state index contributed by atoms with van der Waals surface area (Å²) in [7, 11) is 0. The lowest BCUT2D eigenvalue weighted by atomic mass is 9.94. The van der Waals surface area contributed by atoms with Crippen LogP contribution in [-0.4, -0.2) is 52.5 Å². The molecule has 196 valence electrons. The summed E-state index contributed by atoms with van der Waals surface area (Å²) < 4.78 is 6.88. The third-order valence-electron chi connectivity index (χ3n) is 6.15. The maximum Gasteiger partial charge on any atom is 0.330 e. The van der Waals surface area contributed by atoms with Gasteiger partial charge in [-0.15, -0.1) is 0 Å². The maximum absolute atomic E-state index is 13.6. The number of likely N-dealkylation sites (tertiary alicyclic amines) is 1. The number of nitrogens with one attached hydrogen (secondary N) is 1. The lowest BCUT2D eigenvalue weighted by molar-refractivity contribution is -0.136. The molecule has 2 heterocycles. The monoisotopic (exact) mass is 499 g/mol. The average molecular weight is 500 g/mol. The van der Waals surface area contributed by atoms with Crippen molar-refractivity contribution in [2.24, 2.45) is 17.8 Å². The van der Waals surface area contributed by atoms with E-state index in [1.165, 1.54) is 9.47 Å². The Balaban J connectivity index is 1.74. The summed E-state index contributed by atoms with van der Waals surface area (Å²) in [6, 6.07) is 9.14. The molecule has 10 heteroatoms. The Morgan fingerprint density at radius 1 is 1.08 bits per heavy atom. The normalized spacial score (nSPS) is 14.3. The summed E-state index contributed by atoms with van der Waals surface area (Å²) in [6.07, 6.45) is 0.932. The summed E-state index contributed by atoms with van der Waals surface area (Å²) in [5.41, 5.74) is 5.06. The molecule has 0 spiro atoms. The van der Waals surface area contributed by atoms with Crippen LogP contribution in [0.3, 0.4) is 0 Å². The van der Waals surface area contributed by atoms with Crippen molar-refractivity contribution in [1.82, 2.24) is 14.5 Å². The highest BCUT2D eigenvalue weighted by Crippen LogP contribution is 2.26. The fourth-order valence-electron chi connectivity index (χ4n) is 4.39. The zero-order valence-corrected chi connectivity index (χ0v) is 21.5. The van der Waals surface area contributed by atoms with Crippen LogP contribution in [0, 0.1) is 17.8 Å². The van der Waals surface area contributed by atoms with Crippen molar-refractivity contribution in [2.75, 3.05) is 36.9 Å². The van der Waals surface area contributed by atoms with E-state index in [4.69, 9.17) is 10.5 Å². The van der Waals surface area contributed by atoms with Gasteiger partial charge in [-0.2, -0.15) is 0 Å². The average Bonchev–Trinajstić information content (AvgIpc) is 2.84. The van der Waals surface area contributed by atoms with Gasteiger partial charge in [0.2, 0.25) is 5.91 Å². The highest BCUT2D eigenvalue weighted by atomic mass is 16.5. The van der Waals surface area contributed by atoms with Crippen LogP contribution in [0.15, 0.2) is 39.9 Å². The number of carbonyl (C=O) groups excluding carboxylic acids is 2. The number of carbonyl (C=O) groups is 2. The number of H-pyrrole nitrogens is 1. The molecule has 0 aliphatic carbocycles. The number of amides is 2. The fourth-order valence-corrected chi connectivity index (χ4v) is 4.39. The molecule has 36 heavy (non-hydrogen) atoms. The first-order valence-electron chi connectivity index (χ1n) is 12.5. The second-order valence-corrected chi connectivity index (χ2v) is 10.1. The molecule has 10 nitrogen and oxygen atoms in total. The molecule has 0 radical (unpaired) electrons.